The van der Waals surface area contributed by atoms with Gasteiger partial charge in [0.15, 0.2) is 0 Å². The molecule has 5 nitrogen and oxygen atoms in total. The molecular formula is C36H76N4O. The maximum atomic E-state index is 5.83. The standard InChI is InChI=1S/C13H27N.C12H25NO.C11H24N2/c1-12(2,3)10-7-8-11(14-9-10)13(4,5)6;1-11(2,3)10-9-13(7-8-14-10)12(4,5)6;1-10(2,3)9-7-13(8-12-9)11(4,5)6/h10-11,14H,7-9H2,1-6H3;10H,7-9H2,1-6H3;9,12H,7-8H2,1-6H3. The van der Waals surface area contributed by atoms with Crippen LogP contribution in [0.2, 0.25) is 0 Å². The van der Waals surface area contributed by atoms with Crippen molar-refractivity contribution in [1.29, 1.82) is 0 Å². The Balaban J connectivity index is 0.000000308. The van der Waals surface area contributed by atoms with Crippen molar-refractivity contribution in [1.82, 2.24) is 20.4 Å². The van der Waals surface area contributed by atoms with Gasteiger partial charge >= 0.3 is 0 Å². The fourth-order valence-corrected chi connectivity index (χ4v) is 5.78. The summed E-state index contributed by atoms with van der Waals surface area (Å²) in [5, 5.41) is 7.29. The van der Waals surface area contributed by atoms with Gasteiger partial charge in [0.25, 0.3) is 0 Å². The molecule has 0 radical (unpaired) electrons. The van der Waals surface area contributed by atoms with E-state index in [-0.39, 0.29) is 11.0 Å². The van der Waals surface area contributed by atoms with Crippen LogP contribution in [-0.4, -0.2) is 78.5 Å². The van der Waals surface area contributed by atoms with Crippen molar-refractivity contribution in [2.75, 3.05) is 39.5 Å². The van der Waals surface area contributed by atoms with E-state index in [9.17, 15) is 0 Å². The summed E-state index contributed by atoms with van der Waals surface area (Å²) in [5.74, 6) is 0.848. The first kappa shape index (κ1) is 38.8. The molecule has 4 atom stereocenters. The Morgan fingerprint density at radius 3 is 1.37 bits per heavy atom. The van der Waals surface area contributed by atoms with E-state index in [1.54, 1.807) is 0 Å². The fourth-order valence-electron chi connectivity index (χ4n) is 5.78. The van der Waals surface area contributed by atoms with Crippen LogP contribution in [0.25, 0.3) is 0 Å². The van der Waals surface area contributed by atoms with Crippen LogP contribution in [0, 0.1) is 27.6 Å². The number of rotatable bonds is 0. The Labute approximate surface area is 258 Å². The lowest BCUT2D eigenvalue weighted by Crippen LogP contribution is -2.54. The van der Waals surface area contributed by atoms with Crippen LogP contribution >= 0.6 is 0 Å². The van der Waals surface area contributed by atoms with Crippen molar-refractivity contribution < 1.29 is 4.74 Å². The van der Waals surface area contributed by atoms with E-state index in [2.05, 4.69) is 145 Å². The van der Waals surface area contributed by atoms with Gasteiger partial charge in [-0.05, 0) is 88.5 Å². The van der Waals surface area contributed by atoms with Crippen molar-refractivity contribution in [3.05, 3.63) is 0 Å². The number of piperidine rings is 1. The summed E-state index contributed by atoms with van der Waals surface area (Å²) >= 11 is 0. The highest BCUT2D eigenvalue weighted by Crippen LogP contribution is 2.35. The van der Waals surface area contributed by atoms with E-state index in [4.69, 9.17) is 4.74 Å². The minimum atomic E-state index is 0.254. The molecule has 41 heavy (non-hydrogen) atoms. The van der Waals surface area contributed by atoms with Crippen molar-refractivity contribution in [2.24, 2.45) is 27.6 Å². The third kappa shape index (κ3) is 13.5. The predicted octanol–water partition coefficient (Wildman–Crippen LogP) is 8.04. The SMILES string of the molecule is CC(C)(C)C1CCC(C(C)(C)C)NC1.CC(C)(C)C1CN(C(C)(C)C)CCO1.CC(C)(C)C1CN(C(C)(C)C)CN1. The predicted molar refractivity (Wildman–Crippen MR) is 182 cm³/mol. The second-order valence-corrected chi connectivity index (χ2v) is 19.5. The van der Waals surface area contributed by atoms with Gasteiger partial charge in [0.05, 0.1) is 12.7 Å². The molecule has 246 valence electrons. The fraction of sp³-hybridized carbons (Fsp3) is 1.00. The maximum absolute atomic E-state index is 5.83. The first-order valence-electron chi connectivity index (χ1n) is 16.7. The topological polar surface area (TPSA) is 39.8 Å². The van der Waals surface area contributed by atoms with Gasteiger partial charge in [-0.25, -0.2) is 0 Å². The number of nitrogens with zero attached hydrogens (tertiary/aromatic N) is 2. The molecule has 4 unspecified atom stereocenters. The largest absolute Gasteiger partial charge is 0.375 e. The molecule has 0 aliphatic carbocycles. The monoisotopic (exact) mass is 581 g/mol. The summed E-state index contributed by atoms with van der Waals surface area (Å²) in [4.78, 5) is 5.02. The highest BCUT2D eigenvalue weighted by atomic mass is 16.5. The van der Waals surface area contributed by atoms with Crippen LogP contribution in [-0.2, 0) is 4.74 Å². The third-order valence-corrected chi connectivity index (χ3v) is 9.59. The molecule has 0 aromatic heterocycles. The average molecular weight is 581 g/mol. The lowest BCUT2D eigenvalue weighted by Gasteiger charge is -2.45. The van der Waals surface area contributed by atoms with Crippen molar-refractivity contribution in [3.8, 4) is 0 Å². The van der Waals surface area contributed by atoms with Crippen LogP contribution in [0.4, 0.5) is 0 Å². The van der Waals surface area contributed by atoms with Crippen LogP contribution in [0.15, 0.2) is 0 Å². The molecule has 3 rings (SSSR count). The van der Waals surface area contributed by atoms with E-state index < -0.39 is 0 Å². The number of hydrogen-bond donors (Lipinski definition) is 2. The van der Waals surface area contributed by atoms with Crippen molar-refractivity contribution in [3.63, 3.8) is 0 Å². The molecule has 0 saturated carbocycles. The summed E-state index contributed by atoms with van der Waals surface area (Å²) in [6.07, 6.45) is 3.10. The van der Waals surface area contributed by atoms with Gasteiger partial charge in [0, 0.05) is 49.5 Å². The van der Waals surface area contributed by atoms with E-state index >= 15 is 0 Å². The molecule has 5 heteroatoms. The molecule has 0 aromatic rings. The second kappa shape index (κ2) is 14.3. The third-order valence-electron chi connectivity index (χ3n) is 9.59. The van der Waals surface area contributed by atoms with Crippen LogP contribution < -0.4 is 10.6 Å². The number of hydrogen-bond acceptors (Lipinski definition) is 5. The van der Waals surface area contributed by atoms with Gasteiger partial charge in [-0.1, -0.05) is 83.1 Å². The first-order valence-corrected chi connectivity index (χ1v) is 16.7. The Bertz CT molecular complexity index is 681. The quantitative estimate of drug-likeness (QED) is 0.303. The molecule has 3 saturated heterocycles. The van der Waals surface area contributed by atoms with Crippen LogP contribution in [0.5, 0.6) is 0 Å². The van der Waals surface area contributed by atoms with E-state index in [0.717, 1.165) is 32.3 Å². The molecule has 3 fully saturated rings. The summed E-state index contributed by atoms with van der Waals surface area (Å²) in [5.41, 5.74) is 2.09. The number of ether oxygens (including phenoxy) is 1. The van der Waals surface area contributed by atoms with Gasteiger partial charge in [0.2, 0.25) is 0 Å². The molecule has 0 aromatic carbocycles. The lowest BCUT2D eigenvalue weighted by molar-refractivity contribution is -0.100. The van der Waals surface area contributed by atoms with E-state index in [1.807, 2.05) is 0 Å². The van der Waals surface area contributed by atoms with E-state index in [0.29, 0.717) is 40.0 Å². The van der Waals surface area contributed by atoms with Gasteiger partial charge < -0.3 is 10.1 Å². The summed E-state index contributed by atoms with van der Waals surface area (Å²) in [7, 11) is 0. The minimum Gasteiger partial charge on any atom is -0.375 e. The Kier molecular flexibility index (Phi) is 13.5. The molecular weight excluding hydrogens is 504 g/mol. The average Bonchev–Trinajstić information content (AvgIpc) is 3.30. The number of morpholine rings is 1. The van der Waals surface area contributed by atoms with Crippen molar-refractivity contribution >= 4 is 0 Å². The zero-order valence-electron chi connectivity index (χ0n) is 31.3. The maximum Gasteiger partial charge on any atom is 0.0750 e. The molecule has 3 aliphatic rings. The van der Waals surface area contributed by atoms with Crippen LogP contribution in [0.3, 0.4) is 0 Å². The smallest absolute Gasteiger partial charge is 0.0750 e. The first-order chi connectivity index (χ1) is 18.1. The highest BCUT2D eigenvalue weighted by molar-refractivity contribution is 4.92. The summed E-state index contributed by atoms with van der Waals surface area (Å²) < 4.78 is 5.83. The van der Waals surface area contributed by atoms with Gasteiger partial charge in [-0.3, -0.25) is 15.1 Å². The summed E-state index contributed by atoms with van der Waals surface area (Å²) in [6, 6.07) is 1.34. The highest BCUT2D eigenvalue weighted by Gasteiger charge is 2.36. The zero-order chi connectivity index (χ0) is 32.2. The molecule has 3 aliphatic heterocycles. The Morgan fingerprint density at radius 2 is 1.05 bits per heavy atom. The summed E-state index contributed by atoms with van der Waals surface area (Å²) in [6.45, 7) is 47.8. The number of nitrogens with one attached hydrogen (secondary N) is 2. The van der Waals surface area contributed by atoms with Crippen LogP contribution in [0.1, 0.15) is 137 Å². The van der Waals surface area contributed by atoms with Crippen molar-refractivity contribution in [2.45, 2.75) is 167 Å². The van der Waals surface area contributed by atoms with Gasteiger partial charge in [-0.15, -0.1) is 0 Å². The molecule has 0 bridgehead atoms. The lowest BCUT2D eigenvalue weighted by atomic mass is 9.72. The molecule has 0 amide bonds. The molecule has 0 spiro atoms. The van der Waals surface area contributed by atoms with E-state index in [1.165, 1.54) is 25.9 Å². The minimum absolute atomic E-state index is 0.254. The molecule has 3 heterocycles. The molecule has 2 N–H and O–H groups in total. The normalized spacial score (nSPS) is 28.0. The Morgan fingerprint density at radius 1 is 0.537 bits per heavy atom. The van der Waals surface area contributed by atoms with Gasteiger partial charge in [0.1, 0.15) is 0 Å². The van der Waals surface area contributed by atoms with Gasteiger partial charge in [-0.2, -0.15) is 0 Å². The zero-order valence-corrected chi connectivity index (χ0v) is 31.3. The second-order valence-electron chi connectivity index (χ2n) is 19.5. The Hall–Kier alpha value is -0.200.